The Balaban J connectivity index is 1.78. The fourth-order valence-electron chi connectivity index (χ4n) is 2.67. The number of nitrogens with two attached hydrogens (primary N) is 1. The molecule has 3 heteroatoms. The van der Waals surface area contributed by atoms with Crippen molar-refractivity contribution < 1.29 is 4.79 Å². The van der Waals surface area contributed by atoms with Gasteiger partial charge in [-0.2, -0.15) is 0 Å². The van der Waals surface area contributed by atoms with E-state index in [1.165, 1.54) is 25.7 Å². The van der Waals surface area contributed by atoms with Crippen LogP contribution in [0.25, 0.3) is 0 Å². The van der Waals surface area contributed by atoms with Crippen molar-refractivity contribution in [2.24, 2.45) is 23.0 Å². The highest BCUT2D eigenvalue weighted by atomic mass is 16.2. The van der Waals surface area contributed by atoms with Crippen LogP contribution in [0.4, 0.5) is 0 Å². The third-order valence-electron chi connectivity index (χ3n) is 4.18. The van der Waals surface area contributed by atoms with E-state index in [0.717, 1.165) is 13.0 Å². The highest BCUT2D eigenvalue weighted by molar-refractivity contribution is 5.81. The molecule has 0 aromatic rings. The molecule has 2 atom stereocenters. The molecular formula is C12H22N2O. The van der Waals surface area contributed by atoms with E-state index < -0.39 is 0 Å². The molecule has 2 fully saturated rings. The lowest BCUT2D eigenvalue weighted by Crippen LogP contribution is -2.41. The fourth-order valence-corrected chi connectivity index (χ4v) is 2.67. The minimum atomic E-state index is 0.216. The van der Waals surface area contributed by atoms with Crippen molar-refractivity contribution in [1.82, 2.24) is 5.32 Å². The molecule has 0 aromatic heterocycles. The first-order chi connectivity index (χ1) is 7.17. The first-order valence-electron chi connectivity index (χ1n) is 6.15. The largest absolute Gasteiger partial charge is 0.355 e. The molecule has 2 saturated carbocycles. The van der Waals surface area contributed by atoms with Gasteiger partial charge >= 0.3 is 0 Å². The van der Waals surface area contributed by atoms with Crippen LogP contribution in [-0.4, -0.2) is 19.0 Å². The van der Waals surface area contributed by atoms with Crippen LogP contribution >= 0.6 is 0 Å². The second kappa shape index (κ2) is 4.12. The van der Waals surface area contributed by atoms with Gasteiger partial charge in [-0.25, -0.2) is 0 Å². The highest BCUT2D eigenvalue weighted by Gasteiger charge is 2.40. The third kappa shape index (κ3) is 2.33. The van der Waals surface area contributed by atoms with Gasteiger partial charge in [-0.3, -0.25) is 4.79 Å². The molecule has 86 valence electrons. The van der Waals surface area contributed by atoms with Crippen LogP contribution in [0.3, 0.4) is 0 Å². The molecule has 2 rings (SSSR count). The van der Waals surface area contributed by atoms with Crippen LogP contribution in [0, 0.1) is 17.3 Å². The molecule has 0 saturated heterocycles. The summed E-state index contributed by atoms with van der Waals surface area (Å²) in [5.41, 5.74) is 6.04. The predicted molar refractivity (Wildman–Crippen MR) is 60.2 cm³/mol. The summed E-state index contributed by atoms with van der Waals surface area (Å²) in [6.45, 7) is 3.65. The molecule has 0 radical (unpaired) electrons. The number of hydrogen-bond donors (Lipinski definition) is 2. The highest BCUT2D eigenvalue weighted by Crippen LogP contribution is 2.39. The van der Waals surface area contributed by atoms with E-state index in [1.807, 2.05) is 0 Å². The van der Waals surface area contributed by atoms with E-state index in [2.05, 4.69) is 12.2 Å². The summed E-state index contributed by atoms with van der Waals surface area (Å²) >= 11 is 0. The first kappa shape index (κ1) is 10.9. The van der Waals surface area contributed by atoms with E-state index >= 15 is 0 Å². The van der Waals surface area contributed by atoms with Crippen molar-refractivity contribution >= 4 is 5.91 Å². The molecular weight excluding hydrogens is 188 g/mol. The number of rotatable bonds is 4. The lowest BCUT2D eigenvalue weighted by molar-refractivity contribution is -0.123. The fraction of sp³-hybridized carbons (Fsp3) is 0.917. The maximum absolute atomic E-state index is 11.7. The summed E-state index contributed by atoms with van der Waals surface area (Å²) in [6, 6.07) is 0. The summed E-state index contributed by atoms with van der Waals surface area (Å²) in [6.07, 6.45) is 5.98. The second-order valence-electron chi connectivity index (χ2n) is 5.45. The zero-order valence-electron chi connectivity index (χ0n) is 9.59. The van der Waals surface area contributed by atoms with Gasteiger partial charge in [0.1, 0.15) is 0 Å². The van der Waals surface area contributed by atoms with Crippen molar-refractivity contribution in [3.63, 3.8) is 0 Å². The zero-order chi connectivity index (χ0) is 10.9. The van der Waals surface area contributed by atoms with Gasteiger partial charge in [0.05, 0.1) is 0 Å². The molecule has 0 aromatic carbocycles. The van der Waals surface area contributed by atoms with Gasteiger partial charge in [-0.15, -0.1) is 0 Å². The summed E-state index contributed by atoms with van der Waals surface area (Å²) in [5.74, 6) is 1.14. The van der Waals surface area contributed by atoms with Gasteiger partial charge in [0.25, 0.3) is 0 Å². The molecule has 0 aliphatic heterocycles. The SMILES string of the molecule is CC1CC1C(=O)NCC1(CN)CCCC1. The van der Waals surface area contributed by atoms with Crippen LogP contribution in [-0.2, 0) is 4.79 Å². The Hall–Kier alpha value is -0.570. The number of amides is 1. The molecule has 3 N–H and O–H groups in total. The smallest absolute Gasteiger partial charge is 0.223 e. The van der Waals surface area contributed by atoms with Gasteiger partial charge in [-0.05, 0) is 37.1 Å². The minimum Gasteiger partial charge on any atom is -0.355 e. The van der Waals surface area contributed by atoms with E-state index in [9.17, 15) is 4.79 Å². The minimum absolute atomic E-state index is 0.216. The Bertz CT molecular complexity index is 246. The van der Waals surface area contributed by atoms with Crippen molar-refractivity contribution in [2.45, 2.75) is 39.0 Å². The maximum atomic E-state index is 11.7. The van der Waals surface area contributed by atoms with Crippen LogP contribution in [0.5, 0.6) is 0 Å². The Morgan fingerprint density at radius 1 is 1.47 bits per heavy atom. The lowest BCUT2D eigenvalue weighted by Gasteiger charge is -2.27. The van der Waals surface area contributed by atoms with Crippen molar-refractivity contribution in [3.05, 3.63) is 0 Å². The summed E-state index contributed by atoms with van der Waals surface area (Å²) in [4.78, 5) is 11.7. The van der Waals surface area contributed by atoms with Crippen LogP contribution in [0.2, 0.25) is 0 Å². The van der Waals surface area contributed by atoms with Crippen LogP contribution in [0.15, 0.2) is 0 Å². The number of carbonyl (C=O) groups is 1. The van der Waals surface area contributed by atoms with E-state index in [1.54, 1.807) is 0 Å². The molecule has 0 bridgehead atoms. The second-order valence-corrected chi connectivity index (χ2v) is 5.45. The van der Waals surface area contributed by atoms with Gasteiger partial charge in [-0.1, -0.05) is 19.8 Å². The number of nitrogens with one attached hydrogen (secondary N) is 1. The van der Waals surface area contributed by atoms with Crippen LogP contribution in [0.1, 0.15) is 39.0 Å². The quantitative estimate of drug-likeness (QED) is 0.734. The van der Waals surface area contributed by atoms with Gasteiger partial charge in [0.15, 0.2) is 0 Å². The maximum Gasteiger partial charge on any atom is 0.223 e. The van der Waals surface area contributed by atoms with Crippen molar-refractivity contribution in [3.8, 4) is 0 Å². The molecule has 15 heavy (non-hydrogen) atoms. The Kier molecular flexibility index (Phi) is 3.01. The Morgan fingerprint density at radius 2 is 2.07 bits per heavy atom. The lowest BCUT2D eigenvalue weighted by atomic mass is 9.86. The average molecular weight is 210 g/mol. The van der Waals surface area contributed by atoms with E-state index in [-0.39, 0.29) is 11.3 Å². The number of hydrogen-bond acceptors (Lipinski definition) is 2. The molecule has 0 heterocycles. The monoisotopic (exact) mass is 210 g/mol. The Labute approximate surface area is 91.8 Å². The van der Waals surface area contributed by atoms with E-state index in [0.29, 0.717) is 18.4 Å². The van der Waals surface area contributed by atoms with Crippen molar-refractivity contribution in [2.75, 3.05) is 13.1 Å². The molecule has 2 aliphatic carbocycles. The number of carbonyl (C=O) groups excluding carboxylic acids is 1. The molecule has 0 spiro atoms. The zero-order valence-corrected chi connectivity index (χ0v) is 9.59. The topological polar surface area (TPSA) is 55.1 Å². The molecule has 2 aliphatic rings. The van der Waals surface area contributed by atoms with Gasteiger partial charge in [0.2, 0.25) is 5.91 Å². The van der Waals surface area contributed by atoms with E-state index in [4.69, 9.17) is 5.73 Å². The summed E-state index contributed by atoms with van der Waals surface area (Å²) in [7, 11) is 0. The standard InChI is InChI=1S/C12H22N2O/c1-9-6-10(9)11(15)14-8-12(7-13)4-2-3-5-12/h9-10H,2-8,13H2,1H3,(H,14,15). The van der Waals surface area contributed by atoms with Crippen molar-refractivity contribution in [1.29, 1.82) is 0 Å². The van der Waals surface area contributed by atoms with Crippen LogP contribution < -0.4 is 11.1 Å². The predicted octanol–water partition coefficient (Wildman–Crippen LogP) is 1.28. The van der Waals surface area contributed by atoms with Gasteiger partial charge in [0, 0.05) is 12.5 Å². The molecule has 1 amide bonds. The first-order valence-corrected chi connectivity index (χ1v) is 6.15. The molecule has 2 unspecified atom stereocenters. The Morgan fingerprint density at radius 3 is 2.53 bits per heavy atom. The summed E-state index contributed by atoms with van der Waals surface area (Å²) in [5, 5.41) is 3.09. The van der Waals surface area contributed by atoms with Gasteiger partial charge < -0.3 is 11.1 Å². The summed E-state index contributed by atoms with van der Waals surface area (Å²) < 4.78 is 0. The third-order valence-corrected chi connectivity index (χ3v) is 4.18. The average Bonchev–Trinajstić information content (AvgIpc) is 2.81. The molecule has 3 nitrogen and oxygen atoms in total. The normalized spacial score (nSPS) is 32.7.